The van der Waals surface area contributed by atoms with Crippen LogP contribution in [0.3, 0.4) is 0 Å². The van der Waals surface area contributed by atoms with Gasteiger partial charge in [-0.3, -0.25) is 14.5 Å². The molecule has 0 saturated carbocycles. The van der Waals surface area contributed by atoms with Gasteiger partial charge in [0.15, 0.2) is 5.78 Å². The maximum Gasteiger partial charge on any atom is 0.166 e. The molecule has 2 aliphatic rings. The van der Waals surface area contributed by atoms with Crippen molar-refractivity contribution in [2.75, 3.05) is 57.3 Å². The summed E-state index contributed by atoms with van der Waals surface area (Å²) in [6.07, 6.45) is 4.15. The van der Waals surface area contributed by atoms with E-state index in [2.05, 4.69) is 19.7 Å². The van der Waals surface area contributed by atoms with Crippen molar-refractivity contribution in [1.29, 1.82) is 0 Å². The molecular weight excluding hydrogens is 376 g/mol. The van der Waals surface area contributed by atoms with E-state index < -0.39 is 0 Å². The van der Waals surface area contributed by atoms with Crippen molar-refractivity contribution in [1.82, 2.24) is 14.8 Å². The van der Waals surface area contributed by atoms with E-state index in [0.29, 0.717) is 23.8 Å². The van der Waals surface area contributed by atoms with Crippen molar-refractivity contribution < 1.29 is 9.59 Å². The zero-order valence-electron chi connectivity index (χ0n) is 19.1. The van der Waals surface area contributed by atoms with Crippen molar-refractivity contribution in [3.63, 3.8) is 0 Å². The maximum atomic E-state index is 12.1. The number of pyridine rings is 1. The standard InChI is InChI=1S/C24H38N4O2/c1-18(2)22(29)17-27-13-11-26(12-14-27)9-7-20-8-10-28(16-20)23-6-5-21(15-25-23)24(30)19(3)4/h5-6,15,18-20H,7-14,16-17H2,1-4H3. The van der Waals surface area contributed by atoms with Crippen LogP contribution in [0.2, 0.25) is 0 Å². The number of hydrogen-bond acceptors (Lipinski definition) is 6. The molecule has 2 saturated heterocycles. The predicted octanol–water partition coefficient (Wildman–Crippen LogP) is 2.98. The molecule has 6 nitrogen and oxygen atoms in total. The lowest BCUT2D eigenvalue weighted by Gasteiger charge is -2.35. The van der Waals surface area contributed by atoms with Crippen molar-refractivity contribution >= 4 is 17.4 Å². The van der Waals surface area contributed by atoms with Gasteiger partial charge in [0.1, 0.15) is 11.6 Å². The van der Waals surface area contributed by atoms with E-state index in [9.17, 15) is 9.59 Å². The normalized spacial score (nSPS) is 21.0. The van der Waals surface area contributed by atoms with Gasteiger partial charge in [0.05, 0.1) is 6.54 Å². The number of rotatable bonds is 9. The van der Waals surface area contributed by atoms with Crippen LogP contribution in [-0.4, -0.2) is 78.7 Å². The molecule has 0 amide bonds. The first-order chi connectivity index (χ1) is 14.3. The third kappa shape index (κ3) is 6.11. The lowest BCUT2D eigenvalue weighted by molar-refractivity contribution is -0.123. The summed E-state index contributed by atoms with van der Waals surface area (Å²) < 4.78 is 0. The van der Waals surface area contributed by atoms with Crippen LogP contribution in [0.15, 0.2) is 18.3 Å². The van der Waals surface area contributed by atoms with E-state index in [0.717, 1.165) is 51.6 Å². The Kier molecular flexibility index (Phi) is 8.00. The van der Waals surface area contributed by atoms with Crippen molar-refractivity contribution in [2.24, 2.45) is 17.8 Å². The Morgan fingerprint density at radius 3 is 2.30 bits per heavy atom. The van der Waals surface area contributed by atoms with Crippen LogP contribution in [0.25, 0.3) is 0 Å². The van der Waals surface area contributed by atoms with Gasteiger partial charge in [-0.25, -0.2) is 4.98 Å². The second-order valence-corrected chi connectivity index (χ2v) is 9.55. The molecule has 1 aromatic rings. The fourth-order valence-corrected chi connectivity index (χ4v) is 4.27. The number of anilines is 1. The minimum atomic E-state index is 0.00591. The van der Waals surface area contributed by atoms with Crippen molar-refractivity contribution in [3.8, 4) is 0 Å². The first-order valence-corrected chi connectivity index (χ1v) is 11.6. The Morgan fingerprint density at radius 1 is 1.00 bits per heavy atom. The zero-order valence-corrected chi connectivity index (χ0v) is 19.1. The molecule has 0 radical (unpaired) electrons. The third-order valence-corrected chi connectivity index (χ3v) is 6.51. The number of nitrogens with zero attached hydrogens (tertiary/aromatic N) is 4. The lowest BCUT2D eigenvalue weighted by Crippen LogP contribution is -2.48. The molecule has 0 N–H and O–H groups in total. The van der Waals surface area contributed by atoms with Crippen LogP contribution in [-0.2, 0) is 4.79 Å². The van der Waals surface area contributed by atoms with E-state index in [1.807, 2.05) is 39.8 Å². The topological polar surface area (TPSA) is 56.8 Å². The fourth-order valence-electron chi connectivity index (χ4n) is 4.27. The highest BCUT2D eigenvalue weighted by molar-refractivity contribution is 5.97. The summed E-state index contributed by atoms with van der Waals surface area (Å²) in [5, 5.41) is 0. The number of aromatic nitrogens is 1. The van der Waals surface area contributed by atoms with Gasteiger partial charge in [0.25, 0.3) is 0 Å². The van der Waals surface area contributed by atoms with Crippen molar-refractivity contribution in [2.45, 2.75) is 40.5 Å². The van der Waals surface area contributed by atoms with E-state index in [1.165, 1.54) is 12.8 Å². The van der Waals surface area contributed by atoms with E-state index in [1.54, 1.807) is 6.20 Å². The molecule has 1 unspecified atom stereocenters. The van der Waals surface area contributed by atoms with Gasteiger partial charge in [-0.1, -0.05) is 27.7 Å². The lowest BCUT2D eigenvalue weighted by atomic mass is 10.0. The van der Waals surface area contributed by atoms with Crippen LogP contribution < -0.4 is 4.90 Å². The summed E-state index contributed by atoms with van der Waals surface area (Å²) >= 11 is 0. The second kappa shape index (κ2) is 10.5. The Bertz CT molecular complexity index is 708. The molecule has 1 atom stereocenters. The summed E-state index contributed by atoms with van der Waals surface area (Å²) in [7, 11) is 0. The molecule has 0 bridgehead atoms. The van der Waals surface area contributed by atoms with Crippen molar-refractivity contribution in [3.05, 3.63) is 23.9 Å². The molecule has 3 rings (SSSR count). The molecule has 166 valence electrons. The first-order valence-electron chi connectivity index (χ1n) is 11.6. The molecule has 2 fully saturated rings. The van der Waals surface area contributed by atoms with Crippen LogP contribution in [0.5, 0.6) is 0 Å². The minimum absolute atomic E-state index is 0.00591. The first kappa shape index (κ1) is 22.9. The third-order valence-electron chi connectivity index (χ3n) is 6.51. The molecule has 1 aromatic heterocycles. The van der Waals surface area contributed by atoms with Gasteiger partial charge in [-0.15, -0.1) is 0 Å². The van der Waals surface area contributed by atoms with Crippen LogP contribution in [0.1, 0.15) is 50.9 Å². The Balaban J connectivity index is 1.39. The molecule has 2 aliphatic heterocycles. The van der Waals surface area contributed by atoms with Gasteiger partial charge in [-0.05, 0) is 37.4 Å². The second-order valence-electron chi connectivity index (χ2n) is 9.55. The van der Waals surface area contributed by atoms with Gasteiger partial charge >= 0.3 is 0 Å². The molecule has 0 aliphatic carbocycles. The minimum Gasteiger partial charge on any atom is -0.356 e. The summed E-state index contributed by atoms with van der Waals surface area (Å²) in [4.78, 5) is 35.8. The van der Waals surface area contributed by atoms with Crippen LogP contribution >= 0.6 is 0 Å². The highest BCUT2D eigenvalue weighted by Gasteiger charge is 2.25. The Hall–Kier alpha value is -1.79. The Labute approximate surface area is 181 Å². The Morgan fingerprint density at radius 2 is 1.70 bits per heavy atom. The fraction of sp³-hybridized carbons (Fsp3) is 0.708. The number of carbonyl (C=O) groups is 2. The highest BCUT2D eigenvalue weighted by atomic mass is 16.1. The summed E-state index contributed by atoms with van der Waals surface area (Å²) in [6, 6.07) is 3.91. The SMILES string of the molecule is CC(C)C(=O)CN1CCN(CCC2CCN(c3ccc(C(=O)C(C)C)cn3)C2)CC1. The summed E-state index contributed by atoms with van der Waals surface area (Å²) in [6.45, 7) is 15.8. The number of Topliss-reactive ketones (excluding diaryl/α,β-unsaturated/α-hetero) is 2. The van der Waals surface area contributed by atoms with Crippen LogP contribution in [0, 0.1) is 17.8 Å². The number of hydrogen-bond donors (Lipinski definition) is 0. The monoisotopic (exact) mass is 414 g/mol. The molecular formula is C24H38N4O2. The van der Waals surface area contributed by atoms with Gasteiger partial charge in [-0.2, -0.15) is 0 Å². The van der Waals surface area contributed by atoms with E-state index >= 15 is 0 Å². The molecule has 0 aromatic carbocycles. The maximum absolute atomic E-state index is 12.1. The predicted molar refractivity (Wildman–Crippen MR) is 121 cm³/mol. The quantitative estimate of drug-likeness (QED) is 0.579. The van der Waals surface area contributed by atoms with E-state index in [4.69, 9.17) is 0 Å². The molecule has 3 heterocycles. The highest BCUT2D eigenvalue weighted by Crippen LogP contribution is 2.25. The number of piperazine rings is 1. The molecule has 6 heteroatoms. The van der Waals surface area contributed by atoms with Crippen LogP contribution in [0.4, 0.5) is 5.82 Å². The van der Waals surface area contributed by atoms with Gasteiger partial charge < -0.3 is 9.80 Å². The number of carbonyl (C=O) groups excluding carboxylic acids is 2. The molecule has 0 spiro atoms. The summed E-state index contributed by atoms with van der Waals surface area (Å²) in [5.41, 5.74) is 0.707. The van der Waals surface area contributed by atoms with E-state index in [-0.39, 0.29) is 17.6 Å². The largest absolute Gasteiger partial charge is 0.356 e. The van der Waals surface area contributed by atoms with Gasteiger partial charge in [0, 0.05) is 62.9 Å². The average molecular weight is 415 g/mol. The smallest absolute Gasteiger partial charge is 0.166 e. The zero-order chi connectivity index (χ0) is 21.7. The molecule has 30 heavy (non-hydrogen) atoms. The van der Waals surface area contributed by atoms with Gasteiger partial charge in [0.2, 0.25) is 0 Å². The number of ketones is 2. The average Bonchev–Trinajstić information content (AvgIpc) is 3.21. The summed E-state index contributed by atoms with van der Waals surface area (Å²) in [5.74, 6) is 2.33.